The molecule has 0 bridgehead atoms. The number of aromatic nitrogens is 1. The predicted octanol–water partition coefficient (Wildman–Crippen LogP) is 5.21. The summed E-state index contributed by atoms with van der Waals surface area (Å²) in [4.78, 5) is 12.9. The standard InChI is InChI=1S/C24H20N2O2/c1-28-21-14-12-20(13-15-21)24(27)25-26-22(18-8-4-2-5-9-18)16-17-23(26)19-10-6-3-7-11-19/h2-17H,1H3,(H,25,27). The normalized spacial score (nSPS) is 10.5. The Morgan fingerprint density at radius 3 is 1.68 bits per heavy atom. The maximum absolute atomic E-state index is 12.9. The fourth-order valence-electron chi connectivity index (χ4n) is 3.13. The second-order valence-corrected chi connectivity index (χ2v) is 6.34. The van der Waals surface area contributed by atoms with Gasteiger partial charge in [-0.15, -0.1) is 0 Å². The molecule has 0 fully saturated rings. The van der Waals surface area contributed by atoms with Gasteiger partial charge in [0.2, 0.25) is 0 Å². The Balaban J connectivity index is 1.74. The van der Waals surface area contributed by atoms with E-state index in [1.54, 1.807) is 31.4 Å². The summed E-state index contributed by atoms with van der Waals surface area (Å²) in [6.45, 7) is 0. The lowest BCUT2D eigenvalue weighted by Gasteiger charge is -2.15. The molecular weight excluding hydrogens is 348 g/mol. The molecule has 3 aromatic carbocycles. The first-order valence-electron chi connectivity index (χ1n) is 9.04. The van der Waals surface area contributed by atoms with Gasteiger partial charge in [0.1, 0.15) is 5.75 Å². The van der Waals surface area contributed by atoms with Gasteiger partial charge in [-0.05, 0) is 36.4 Å². The monoisotopic (exact) mass is 368 g/mol. The molecule has 4 rings (SSSR count). The van der Waals surface area contributed by atoms with Crippen molar-refractivity contribution in [2.75, 3.05) is 12.5 Å². The fraction of sp³-hybridized carbons (Fsp3) is 0.0417. The molecular formula is C24H20N2O2. The van der Waals surface area contributed by atoms with E-state index in [2.05, 4.69) is 5.43 Å². The van der Waals surface area contributed by atoms with E-state index < -0.39 is 0 Å². The van der Waals surface area contributed by atoms with Crippen LogP contribution >= 0.6 is 0 Å². The number of ether oxygens (including phenoxy) is 1. The molecule has 0 atom stereocenters. The lowest BCUT2D eigenvalue weighted by molar-refractivity contribution is 0.101. The largest absolute Gasteiger partial charge is 0.497 e. The molecule has 1 amide bonds. The number of nitrogens with one attached hydrogen (secondary N) is 1. The van der Waals surface area contributed by atoms with Crippen LogP contribution in [-0.2, 0) is 0 Å². The Hall–Kier alpha value is -3.79. The van der Waals surface area contributed by atoms with E-state index >= 15 is 0 Å². The van der Waals surface area contributed by atoms with E-state index in [4.69, 9.17) is 4.74 Å². The first kappa shape index (κ1) is 17.6. The molecule has 1 N–H and O–H groups in total. The molecule has 0 aliphatic heterocycles. The average molecular weight is 368 g/mol. The van der Waals surface area contributed by atoms with Crippen molar-refractivity contribution in [3.05, 3.63) is 103 Å². The highest BCUT2D eigenvalue weighted by Crippen LogP contribution is 2.28. The number of methoxy groups -OCH3 is 1. The van der Waals surface area contributed by atoms with Crippen LogP contribution in [0.3, 0.4) is 0 Å². The molecule has 1 aromatic heterocycles. The molecule has 4 aromatic rings. The zero-order chi connectivity index (χ0) is 19.3. The number of amides is 1. The van der Waals surface area contributed by atoms with Gasteiger partial charge < -0.3 is 4.74 Å². The quantitative estimate of drug-likeness (QED) is 0.525. The molecule has 4 heteroatoms. The van der Waals surface area contributed by atoms with Crippen LogP contribution in [0.4, 0.5) is 0 Å². The summed E-state index contributed by atoms with van der Waals surface area (Å²) in [7, 11) is 1.60. The minimum absolute atomic E-state index is 0.187. The van der Waals surface area contributed by atoms with Gasteiger partial charge in [0.15, 0.2) is 0 Å². The van der Waals surface area contributed by atoms with Gasteiger partial charge in [-0.1, -0.05) is 60.7 Å². The van der Waals surface area contributed by atoms with Crippen molar-refractivity contribution >= 4 is 5.91 Å². The summed E-state index contributed by atoms with van der Waals surface area (Å²) in [6.07, 6.45) is 0. The third-order valence-corrected chi connectivity index (χ3v) is 4.59. The predicted molar refractivity (Wildman–Crippen MR) is 112 cm³/mol. The Morgan fingerprint density at radius 1 is 0.714 bits per heavy atom. The minimum Gasteiger partial charge on any atom is -0.497 e. The van der Waals surface area contributed by atoms with Crippen molar-refractivity contribution in [2.45, 2.75) is 0 Å². The lowest BCUT2D eigenvalue weighted by Crippen LogP contribution is -2.24. The molecule has 0 aliphatic carbocycles. The van der Waals surface area contributed by atoms with Gasteiger partial charge in [-0.3, -0.25) is 14.9 Å². The van der Waals surface area contributed by atoms with Crippen LogP contribution < -0.4 is 10.2 Å². The smallest absolute Gasteiger partial charge is 0.270 e. The van der Waals surface area contributed by atoms with E-state index in [9.17, 15) is 4.79 Å². The van der Waals surface area contributed by atoms with Crippen molar-refractivity contribution in [1.29, 1.82) is 0 Å². The summed E-state index contributed by atoms with van der Waals surface area (Å²) in [5.74, 6) is 0.528. The van der Waals surface area contributed by atoms with Gasteiger partial charge in [0.25, 0.3) is 5.91 Å². The summed E-state index contributed by atoms with van der Waals surface area (Å²) >= 11 is 0. The maximum atomic E-state index is 12.9. The van der Waals surface area contributed by atoms with Crippen LogP contribution in [0.15, 0.2) is 97.1 Å². The van der Waals surface area contributed by atoms with E-state index in [1.165, 1.54) is 0 Å². The number of nitrogens with zero attached hydrogens (tertiary/aromatic N) is 1. The van der Waals surface area contributed by atoms with Crippen LogP contribution in [0.1, 0.15) is 10.4 Å². The number of carbonyl (C=O) groups is 1. The van der Waals surface area contributed by atoms with Crippen molar-refractivity contribution in [3.8, 4) is 28.3 Å². The topological polar surface area (TPSA) is 43.3 Å². The van der Waals surface area contributed by atoms with Crippen LogP contribution in [0, 0.1) is 0 Å². The number of rotatable bonds is 5. The van der Waals surface area contributed by atoms with Gasteiger partial charge >= 0.3 is 0 Å². The average Bonchev–Trinajstić information content (AvgIpc) is 3.18. The van der Waals surface area contributed by atoms with E-state index in [0.29, 0.717) is 11.3 Å². The summed E-state index contributed by atoms with van der Waals surface area (Å²) in [5, 5.41) is 0. The zero-order valence-electron chi connectivity index (χ0n) is 15.5. The summed E-state index contributed by atoms with van der Waals surface area (Å²) < 4.78 is 7.02. The van der Waals surface area contributed by atoms with Gasteiger partial charge in [-0.25, -0.2) is 0 Å². The molecule has 0 radical (unpaired) electrons. The highest BCUT2D eigenvalue weighted by atomic mass is 16.5. The zero-order valence-corrected chi connectivity index (χ0v) is 15.5. The summed E-state index contributed by atoms with van der Waals surface area (Å²) in [6, 6.07) is 31.1. The van der Waals surface area contributed by atoms with Crippen LogP contribution in [0.5, 0.6) is 5.75 Å². The number of carbonyl (C=O) groups excluding carboxylic acids is 1. The van der Waals surface area contributed by atoms with Crippen LogP contribution in [0.2, 0.25) is 0 Å². The van der Waals surface area contributed by atoms with Crippen molar-refractivity contribution in [2.24, 2.45) is 0 Å². The molecule has 0 unspecified atom stereocenters. The first-order valence-corrected chi connectivity index (χ1v) is 9.04. The molecule has 138 valence electrons. The molecule has 0 spiro atoms. The Labute approximate surface area is 164 Å². The Kier molecular flexibility index (Phi) is 4.93. The van der Waals surface area contributed by atoms with Gasteiger partial charge in [0, 0.05) is 16.7 Å². The van der Waals surface area contributed by atoms with E-state index in [1.807, 2.05) is 77.5 Å². The van der Waals surface area contributed by atoms with Crippen LogP contribution in [0.25, 0.3) is 22.5 Å². The molecule has 0 saturated heterocycles. The minimum atomic E-state index is -0.187. The third kappa shape index (κ3) is 3.53. The third-order valence-electron chi connectivity index (χ3n) is 4.59. The molecule has 1 heterocycles. The highest BCUT2D eigenvalue weighted by Gasteiger charge is 2.15. The van der Waals surface area contributed by atoms with Gasteiger partial charge in [0.05, 0.1) is 18.5 Å². The number of hydrogen-bond donors (Lipinski definition) is 1. The summed E-state index contributed by atoms with van der Waals surface area (Å²) in [5.41, 5.74) is 7.50. The van der Waals surface area contributed by atoms with Crippen molar-refractivity contribution < 1.29 is 9.53 Å². The fourth-order valence-corrected chi connectivity index (χ4v) is 3.13. The number of hydrogen-bond acceptors (Lipinski definition) is 2. The first-order chi connectivity index (χ1) is 13.8. The molecule has 0 saturated carbocycles. The molecule has 28 heavy (non-hydrogen) atoms. The molecule has 0 aliphatic rings. The molecule has 4 nitrogen and oxygen atoms in total. The lowest BCUT2D eigenvalue weighted by atomic mass is 10.1. The second kappa shape index (κ2) is 7.84. The SMILES string of the molecule is COc1ccc(C(=O)Nn2c(-c3ccccc3)ccc2-c2ccccc2)cc1. The van der Waals surface area contributed by atoms with Crippen LogP contribution in [-0.4, -0.2) is 17.7 Å². The number of benzene rings is 3. The van der Waals surface area contributed by atoms with E-state index in [0.717, 1.165) is 22.5 Å². The second-order valence-electron chi connectivity index (χ2n) is 6.34. The highest BCUT2D eigenvalue weighted by molar-refractivity contribution is 6.00. The van der Waals surface area contributed by atoms with Gasteiger partial charge in [-0.2, -0.15) is 0 Å². The van der Waals surface area contributed by atoms with Crippen molar-refractivity contribution in [3.63, 3.8) is 0 Å². The van der Waals surface area contributed by atoms with Crippen molar-refractivity contribution in [1.82, 2.24) is 4.68 Å². The Morgan fingerprint density at radius 2 is 1.21 bits per heavy atom. The Bertz CT molecular complexity index is 1010. The maximum Gasteiger partial charge on any atom is 0.270 e. The van der Waals surface area contributed by atoms with E-state index in [-0.39, 0.29) is 5.91 Å².